The van der Waals surface area contributed by atoms with Gasteiger partial charge >= 0.3 is 0 Å². The third kappa shape index (κ3) is 1.79. The third-order valence-electron chi connectivity index (χ3n) is 1.70. The van der Waals surface area contributed by atoms with E-state index in [0.717, 1.165) is 9.90 Å². The Balaban J connectivity index is 2.41. The first-order valence-electron chi connectivity index (χ1n) is 3.83. The molecule has 68 valence electrons. The maximum absolute atomic E-state index is 6.01. The second-order valence-corrected chi connectivity index (χ2v) is 5.06. The molecule has 0 saturated heterocycles. The molecule has 0 fully saturated rings. The van der Waals surface area contributed by atoms with Crippen LogP contribution in [0.15, 0.2) is 23.6 Å². The standard InChI is InChI=1S/C9H8ClNS2/c10-7-3-4-12-9(7)8-2-1-6(5-11)13-8/h1-4H,5,11H2. The maximum atomic E-state index is 6.01. The highest BCUT2D eigenvalue weighted by Gasteiger charge is 2.06. The summed E-state index contributed by atoms with van der Waals surface area (Å²) < 4.78 is 0. The predicted molar refractivity (Wildman–Crippen MR) is 60.5 cm³/mol. The highest BCUT2D eigenvalue weighted by molar-refractivity contribution is 7.21. The smallest absolute Gasteiger partial charge is 0.0628 e. The average Bonchev–Trinajstić information content (AvgIpc) is 2.71. The first kappa shape index (κ1) is 9.21. The van der Waals surface area contributed by atoms with Gasteiger partial charge in [0.05, 0.1) is 9.90 Å². The zero-order valence-electron chi connectivity index (χ0n) is 6.79. The van der Waals surface area contributed by atoms with Gasteiger partial charge in [-0.05, 0) is 23.6 Å². The lowest BCUT2D eigenvalue weighted by Gasteiger charge is -1.91. The zero-order valence-corrected chi connectivity index (χ0v) is 9.18. The van der Waals surface area contributed by atoms with Gasteiger partial charge in [-0.15, -0.1) is 22.7 Å². The molecule has 0 radical (unpaired) electrons. The Morgan fingerprint density at radius 2 is 2.15 bits per heavy atom. The van der Waals surface area contributed by atoms with E-state index in [0.29, 0.717) is 6.54 Å². The van der Waals surface area contributed by atoms with Crippen LogP contribution >= 0.6 is 34.3 Å². The van der Waals surface area contributed by atoms with Crippen LogP contribution in [0.1, 0.15) is 4.88 Å². The molecule has 0 bridgehead atoms. The van der Waals surface area contributed by atoms with E-state index in [4.69, 9.17) is 17.3 Å². The van der Waals surface area contributed by atoms with Crippen molar-refractivity contribution in [2.24, 2.45) is 5.73 Å². The summed E-state index contributed by atoms with van der Waals surface area (Å²) in [6.45, 7) is 0.605. The molecule has 0 amide bonds. The van der Waals surface area contributed by atoms with E-state index >= 15 is 0 Å². The summed E-state index contributed by atoms with van der Waals surface area (Å²) in [4.78, 5) is 3.55. The van der Waals surface area contributed by atoms with Crippen molar-refractivity contribution in [1.29, 1.82) is 0 Å². The molecule has 2 heterocycles. The Morgan fingerprint density at radius 3 is 2.69 bits per heavy atom. The molecule has 0 unspecified atom stereocenters. The van der Waals surface area contributed by atoms with E-state index in [1.807, 2.05) is 11.4 Å². The minimum Gasteiger partial charge on any atom is -0.326 e. The summed E-state index contributed by atoms with van der Waals surface area (Å²) in [5.74, 6) is 0. The van der Waals surface area contributed by atoms with Gasteiger partial charge in [-0.25, -0.2) is 0 Å². The lowest BCUT2D eigenvalue weighted by atomic mass is 10.3. The number of halogens is 1. The molecule has 4 heteroatoms. The summed E-state index contributed by atoms with van der Waals surface area (Å²) in [6.07, 6.45) is 0. The molecule has 2 N–H and O–H groups in total. The topological polar surface area (TPSA) is 26.0 Å². The van der Waals surface area contributed by atoms with Gasteiger partial charge in [0.2, 0.25) is 0 Å². The number of rotatable bonds is 2. The van der Waals surface area contributed by atoms with Crippen LogP contribution in [-0.2, 0) is 6.54 Å². The minimum absolute atomic E-state index is 0.605. The Kier molecular flexibility index (Phi) is 2.69. The molecule has 0 aliphatic carbocycles. The van der Waals surface area contributed by atoms with Crippen LogP contribution in [0.2, 0.25) is 5.02 Å². The van der Waals surface area contributed by atoms with Crippen LogP contribution in [0.3, 0.4) is 0 Å². The average molecular weight is 230 g/mol. The van der Waals surface area contributed by atoms with E-state index in [9.17, 15) is 0 Å². The van der Waals surface area contributed by atoms with Crippen LogP contribution < -0.4 is 5.73 Å². The van der Waals surface area contributed by atoms with Crippen molar-refractivity contribution in [3.05, 3.63) is 33.5 Å². The normalized spacial score (nSPS) is 10.6. The predicted octanol–water partition coefficient (Wildman–Crippen LogP) is 3.59. The molecule has 1 nitrogen and oxygen atoms in total. The van der Waals surface area contributed by atoms with Gasteiger partial charge in [-0.3, -0.25) is 0 Å². The molecule has 2 aromatic rings. The van der Waals surface area contributed by atoms with Crippen LogP contribution in [0.25, 0.3) is 9.75 Å². The summed E-state index contributed by atoms with van der Waals surface area (Å²) in [6, 6.07) is 6.05. The number of hydrogen-bond acceptors (Lipinski definition) is 3. The Labute approximate surface area is 89.8 Å². The van der Waals surface area contributed by atoms with Gasteiger partial charge in [-0.2, -0.15) is 0 Å². The number of hydrogen-bond donors (Lipinski definition) is 1. The molecule has 0 aromatic carbocycles. The van der Waals surface area contributed by atoms with E-state index < -0.39 is 0 Å². The molecule has 0 spiro atoms. The van der Waals surface area contributed by atoms with Crippen molar-refractivity contribution >= 4 is 34.3 Å². The summed E-state index contributed by atoms with van der Waals surface area (Å²) in [7, 11) is 0. The summed E-state index contributed by atoms with van der Waals surface area (Å²) in [5.41, 5.74) is 5.54. The molecular weight excluding hydrogens is 222 g/mol. The highest BCUT2D eigenvalue weighted by Crippen LogP contribution is 2.37. The molecule has 0 saturated carbocycles. The van der Waals surface area contributed by atoms with Gasteiger partial charge in [0.25, 0.3) is 0 Å². The van der Waals surface area contributed by atoms with Crippen LogP contribution in [0.5, 0.6) is 0 Å². The first-order chi connectivity index (χ1) is 6.31. The van der Waals surface area contributed by atoms with Crippen molar-refractivity contribution < 1.29 is 0 Å². The Bertz CT molecular complexity index is 405. The lowest BCUT2D eigenvalue weighted by Crippen LogP contribution is -1.90. The van der Waals surface area contributed by atoms with Gasteiger partial charge < -0.3 is 5.73 Å². The molecule has 0 aliphatic heterocycles. The molecule has 2 rings (SSSR count). The van der Waals surface area contributed by atoms with Gasteiger partial charge in [0.1, 0.15) is 0 Å². The quantitative estimate of drug-likeness (QED) is 0.837. The second kappa shape index (κ2) is 3.80. The first-order valence-corrected chi connectivity index (χ1v) is 5.91. The van der Waals surface area contributed by atoms with Crippen LogP contribution in [0.4, 0.5) is 0 Å². The lowest BCUT2D eigenvalue weighted by molar-refractivity contribution is 1.11. The molecule has 0 atom stereocenters. The van der Waals surface area contributed by atoms with Gasteiger partial charge in [0.15, 0.2) is 0 Å². The van der Waals surface area contributed by atoms with Crippen LogP contribution in [-0.4, -0.2) is 0 Å². The Morgan fingerprint density at radius 1 is 1.31 bits per heavy atom. The van der Waals surface area contributed by atoms with Gasteiger partial charge in [0, 0.05) is 16.3 Å². The number of nitrogens with two attached hydrogens (primary N) is 1. The minimum atomic E-state index is 0.605. The fourth-order valence-corrected chi connectivity index (χ4v) is 3.32. The molecular formula is C9H8ClNS2. The van der Waals surface area contributed by atoms with E-state index in [2.05, 4.69) is 12.1 Å². The SMILES string of the molecule is NCc1ccc(-c2sccc2Cl)s1. The molecule has 13 heavy (non-hydrogen) atoms. The largest absolute Gasteiger partial charge is 0.326 e. The van der Waals surface area contributed by atoms with Crippen molar-refractivity contribution in [2.45, 2.75) is 6.54 Å². The third-order valence-corrected chi connectivity index (χ3v) is 4.33. The highest BCUT2D eigenvalue weighted by atomic mass is 35.5. The van der Waals surface area contributed by atoms with Crippen molar-refractivity contribution in [3.63, 3.8) is 0 Å². The maximum Gasteiger partial charge on any atom is 0.0628 e. The molecule has 0 aliphatic rings. The summed E-state index contributed by atoms with van der Waals surface area (Å²) >= 11 is 9.38. The Hall–Kier alpha value is -0.350. The van der Waals surface area contributed by atoms with Crippen molar-refractivity contribution in [3.8, 4) is 9.75 Å². The van der Waals surface area contributed by atoms with Gasteiger partial charge in [-0.1, -0.05) is 11.6 Å². The zero-order chi connectivity index (χ0) is 9.26. The fraction of sp³-hybridized carbons (Fsp3) is 0.111. The van der Waals surface area contributed by atoms with Crippen molar-refractivity contribution in [1.82, 2.24) is 0 Å². The second-order valence-electron chi connectivity index (χ2n) is 2.57. The van der Waals surface area contributed by atoms with Crippen LogP contribution in [0, 0.1) is 0 Å². The monoisotopic (exact) mass is 229 g/mol. The fourth-order valence-electron chi connectivity index (χ4n) is 1.08. The number of thiophene rings is 2. The van der Waals surface area contributed by atoms with E-state index in [1.54, 1.807) is 22.7 Å². The summed E-state index contributed by atoms with van der Waals surface area (Å²) in [5, 5.41) is 2.83. The van der Waals surface area contributed by atoms with E-state index in [-0.39, 0.29) is 0 Å². The van der Waals surface area contributed by atoms with Crippen molar-refractivity contribution in [2.75, 3.05) is 0 Å². The molecule has 2 aromatic heterocycles. The van der Waals surface area contributed by atoms with E-state index in [1.165, 1.54) is 9.75 Å².